The lowest BCUT2D eigenvalue weighted by atomic mass is 9.99. The minimum absolute atomic E-state index is 0.177. The zero-order valence-corrected chi connectivity index (χ0v) is 11.2. The van der Waals surface area contributed by atoms with Gasteiger partial charge in [-0.05, 0) is 18.8 Å². The van der Waals surface area contributed by atoms with Gasteiger partial charge in [-0.1, -0.05) is 20.3 Å². The van der Waals surface area contributed by atoms with Gasteiger partial charge in [0, 0.05) is 6.54 Å². The molecule has 1 unspecified atom stereocenters. The average molecular weight is 271 g/mol. The summed E-state index contributed by atoms with van der Waals surface area (Å²) >= 11 is 0. The highest BCUT2D eigenvalue weighted by Gasteiger charge is 2.28. The van der Waals surface area contributed by atoms with Crippen LogP contribution in [0.5, 0.6) is 0 Å². The first kappa shape index (κ1) is 15.3. The number of carbonyl (C=O) groups excluding carboxylic acids is 2. The molecule has 1 heterocycles. The van der Waals surface area contributed by atoms with E-state index in [0.29, 0.717) is 19.4 Å². The molecular formula is C12H21N3O4. The van der Waals surface area contributed by atoms with Crippen molar-refractivity contribution in [3.8, 4) is 0 Å². The summed E-state index contributed by atoms with van der Waals surface area (Å²) < 4.78 is 0. The van der Waals surface area contributed by atoms with E-state index in [1.165, 1.54) is 0 Å². The Balaban J connectivity index is 2.52. The van der Waals surface area contributed by atoms with Crippen molar-refractivity contribution < 1.29 is 19.5 Å². The third-order valence-corrected chi connectivity index (χ3v) is 3.36. The third-order valence-electron chi connectivity index (χ3n) is 3.36. The summed E-state index contributed by atoms with van der Waals surface area (Å²) in [7, 11) is 0. The highest BCUT2D eigenvalue weighted by atomic mass is 16.4. The van der Waals surface area contributed by atoms with Crippen LogP contribution in [0.3, 0.4) is 0 Å². The molecule has 0 aromatic heterocycles. The summed E-state index contributed by atoms with van der Waals surface area (Å²) in [5.74, 6) is -1.47. The Labute approximate surface area is 112 Å². The summed E-state index contributed by atoms with van der Waals surface area (Å²) in [5.41, 5.74) is 0. The van der Waals surface area contributed by atoms with Crippen LogP contribution >= 0.6 is 0 Å². The second-order valence-corrected chi connectivity index (χ2v) is 4.81. The molecule has 1 saturated heterocycles. The number of hydrogen-bond donors (Lipinski definition) is 4. The topological polar surface area (TPSA) is 108 Å². The number of carbonyl (C=O) groups is 3. The largest absolute Gasteiger partial charge is 0.480 e. The second-order valence-electron chi connectivity index (χ2n) is 4.81. The van der Waals surface area contributed by atoms with Gasteiger partial charge in [0.15, 0.2) is 0 Å². The maximum absolute atomic E-state index is 11.7. The molecule has 3 atom stereocenters. The van der Waals surface area contributed by atoms with Gasteiger partial charge >= 0.3 is 12.0 Å². The van der Waals surface area contributed by atoms with Gasteiger partial charge in [-0.25, -0.2) is 9.59 Å². The molecule has 0 aliphatic carbocycles. The van der Waals surface area contributed by atoms with Crippen LogP contribution in [0.15, 0.2) is 0 Å². The molecule has 108 valence electrons. The van der Waals surface area contributed by atoms with Crippen LogP contribution in [0.25, 0.3) is 0 Å². The van der Waals surface area contributed by atoms with E-state index in [1.807, 2.05) is 6.92 Å². The number of carboxylic acids is 1. The Bertz CT molecular complexity index is 359. The summed E-state index contributed by atoms with van der Waals surface area (Å²) in [6.07, 6.45) is 2.01. The fourth-order valence-electron chi connectivity index (χ4n) is 1.93. The van der Waals surface area contributed by atoms with Crippen molar-refractivity contribution in [2.75, 3.05) is 6.54 Å². The summed E-state index contributed by atoms with van der Waals surface area (Å²) in [4.78, 5) is 34.3. The van der Waals surface area contributed by atoms with Gasteiger partial charge in [0.25, 0.3) is 0 Å². The number of urea groups is 1. The van der Waals surface area contributed by atoms with Gasteiger partial charge in [0.2, 0.25) is 5.91 Å². The van der Waals surface area contributed by atoms with Crippen LogP contribution < -0.4 is 16.0 Å². The van der Waals surface area contributed by atoms with Crippen molar-refractivity contribution in [3.63, 3.8) is 0 Å². The quantitative estimate of drug-likeness (QED) is 0.567. The SMILES string of the molecule is CC[C@H](C)[C@H](NC(=O)NC1CCCNC1=O)C(=O)O. The van der Waals surface area contributed by atoms with Crippen molar-refractivity contribution in [2.24, 2.45) is 5.92 Å². The van der Waals surface area contributed by atoms with Gasteiger partial charge in [-0.2, -0.15) is 0 Å². The lowest BCUT2D eigenvalue weighted by Gasteiger charge is -2.25. The molecule has 1 aliphatic heterocycles. The highest BCUT2D eigenvalue weighted by Crippen LogP contribution is 2.08. The average Bonchev–Trinajstić information content (AvgIpc) is 2.37. The Morgan fingerprint density at radius 2 is 2.21 bits per heavy atom. The standard InChI is InChI=1S/C12H21N3O4/c1-3-7(2)9(11(17)18)15-12(19)14-8-5-4-6-13-10(8)16/h7-9H,3-6H2,1-2H3,(H,13,16)(H,17,18)(H2,14,15,19)/t7-,8?,9-/m0/s1. The van der Waals surface area contributed by atoms with E-state index in [-0.39, 0.29) is 11.8 Å². The molecule has 1 fully saturated rings. The van der Waals surface area contributed by atoms with Crippen molar-refractivity contribution in [1.29, 1.82) is 0 Å². The first-order valence-corrected chi connectivity index (χ1v) is 6.53. The van der Waals surface area contributed by atoms with Crippen LogP contribution in [0, 0.1) is 5.92 Å². The lowest BCUT2D eigenvalue weighted by Crippen LogP contribution is -2.56. The maximum atomic E-state index is 11.7. The number of carboxylic acid groups (broad SMARTS) is 1. The third kappa shape index (κ3) is 4.42. The van der Waals surface area contributed by atoms with E-state index in [4.69, 9.17) is 5.11 Å². The molecule has 0 aromatic rings. The van der Waals surface area contributed by atoms with E-state index in [9.17, 15) is 14.4 Å². The zero-order valence-electron chi connectivity index (χ0n) is 11.2. The summed E-state index contributed by atoms with van der Waals surface area (Å²) in [6.45, 7) is 4.23. The predicted molar refractivity (Wildman–Crippen MR) is 68.6 cm³/mol. The van der Waals surface area contributed by atoms with Crippen molar-refractivity contribution in [2.45, 2.75) is 45.2 Å². The fraction of sp³-hybridized carbons (Fsp3) is 0.750. The molecule has 19 heavy (non-hydrogen) atoms. The number of rotatable bonds is 5. The van der Waals surface area contributed by atoms with E-state index in [0.717, 1.165) is 6.42 Å². The Hall–Kier alpha value is -1.79. The van der Waals surface area contributed by atoms with Gasteiger partial charge in [0.1, 0.15) is 12.1 Å². The Kier molecular flexibility index (Phi) is 5.59. The Morgan fingerprint density at radius 1 is 1.53 bits per heavy atom. The van der Waals surface area contributed by atoms with Crippen molar-refractivity contribution >= 4 is 17.9 Å². The van der Waals surface area contributed by atoms with Crippen molar-refractivity contribution in [3.05, 3.63) is 0 Å². The molecule has 0 bridgehead atoms. The molecule has 7 nitrogen and oxygen atoms in total. The molecule has 3 amide bonds. The molecule has 7 heteroatoms. The molecule has 0 aromatic carbocycles. The molecule has 1 aliphatic rings. The maximum Gasteiger partial charge on any atom is 0.326 e. The van der Waals surface area contributed by atoms with Crippen LogP contribution in [0.4, 0.5) is 4.79 Å². The number of nitrogens with one attached hydrogen (secondary N) is 3. The van der Waals surface area contributed by atoms with E-state index in [1.54, 1.807) is 6.92 Å². The van der Waals surface area contributed by atoms with Gasteiger partial charge < -0.3 is 21.1 Å². The minimum atomic E-state index is -1.07. The van der Waals surface area contributed by atoms with E-state index >= 15 is 0 Å². The molecule has 0 radical (unpaired) electrons. The predicted octanol–water partition coefficient (Wildman–Crippen LogP) is 0.0635. The van der Waals surface area contributed by atoms with Gasteiger partial charge in [-0.3, -0.25) is 4.79 Å². The smallest absolute Gasteiger partial charge is 0.326 e. The molecule has 4 N–H and O–H groups in total. The Morgan fingerprint density at radius 3 is 2.74 bits per heavy atom. The number of hydrogen-bond acceptors (Lipinski definition) is 3. The van der Waals surface area contributed by atoms with Crippen LogP contribution in [0.1, 0.15) is 33.1 Å². The van der Waals surface area contributed by atoms with Crippen LogP contribution in [-0.2, 0) is 9.59 Å². The van der Waals surface area contributed by atoms with Crippen LogP contribution in [-0.4, -0.2) is 41.6 Å². The minimum Gasteiger partial charge on any atom is -0.480 e. The molecule has 1 rings (SSSR count). The number of piperidine rings is 1. The van der Waals surface area contributed by atoms with E-state index in [2.05, 4.69) is 16.0 Å². The first-order valence-electron chi connectivity index (χ1n) is 6.53. The number of aliphatic carboxylic acids is 1. The highest BCUT2D eigenvalue weighted by molar-refractivity contribution is 5.89. The first-order chi connectivity index (χ1) is 8.95. The molecule has 0 spiro atoms. The van der Waals surface area contributed by atoms with Gasteiger partial charge in [-0.15, -0.1) is 0 Å². The van der Waals surface area contributed by atoms with Crippen LogP contribution in [0.2, 0.25) is 0 Å². The number of amides is 3. The van der Waals surface area contributed by atoms with Gasteiger partial charge in [0.05, 0.1) is 0 Å². The second kappa shape index (κ2) is 6.96. The fourth-order valence-corrected chi connectivity index (χ4v) is 1.93. The normalized spacial score (nSPS) is 22.0. The summed E-state index contributed by atoms with van der Waals surface area (Å²) in [6, 6.07) is -2.15. The van der Waals surface area contributed by atoms with E-state index < -0.39 is 24.1 Å². The zero-order chi connectivity index (χ0) is 14.4. The monoisotopic (exact) mass is 271 g/mol. The molecular weight excluding hydrogens is 250 g/mol. The van der Waals surface area contributed by atoms with Crippen molar-refractivity contribution in [1.82, 2.24) is 16.0 Å². The molecule has 0 saturated carbocycles. The summed E-state index contributed by atoms with van der Waals surface area (Å²) in [5, 5.41) is 16.6. The lowest BCUT2D eigenvalue weighted by molar-refractivity contribution is -0.140.